The number of aryl methyl sites for hydroxylation is 1. The van der Waals surface area contributed by atoms with E-state index in [0.29, 0.717) is 11.4 Å². The van der Waals surface area contributed by atoms with Crippen LogP contribution in [0, 0.1) is 6.92 Å². The number of benzene rings is 1. The minimum atomic E-state index is -0.769. The maximum Gasteiger partial charge on any atom is 0.244 e. The summed E-state index contributed by atoms with van der Waals surface area (Å²) in [6.07, 6.45) is 4.58. The van der Waals surface area contributed by atoms with Gasteiger partial charge in [0.05, 0.1) is 5.54 Å². The van der Waals surface area contributed by atoms with E-state index in [1.54, 1.807) is 6.07 Å². The van der Waals surface area contributed by atoms with Crippen LogP contribution in [0.3, 0.4) is 0 Å². The lowest BCUT2D eigenvalue weighted by Gasteiger charge is -2.32. The predicted octanol–water partition coefficient (Wildman–Crippen LogP) is 2.98. The van der Waals surface area contributed by atoms with Crippen LogP contribution in [-0.2, 0) is 9.59 Å². The van der Waals surface area contributed by atoms with Gasteiger partial charge >= 0.3 is 0 Å². The molecule has 1 aliphatic carbocycles. The van der Waals surface area contributed by atoms with E-state index in [9.17, 15) is 9.59 Å². The first-order valence-electron chi connectivity index (χ1n) is 7.39. The average molecular weight is 326 g/mol. The van der Waals surface area contributed by atoms with Crippen LogP contribution in [0.25, 0.3) is 0 Å². The van der Waals surface area contributed by atoms with Gasteiger partial charge < -0.3 is 16.4 Å². The van der Waals surface area contributed by atoms with E-state index in [4.69, 9.17) is 5.73 Å². The van der Waals surface area contributed by atoms with Crippen molar-refractivity contribution in [3.05, 3.63) is 23.8 Å². The Morgan fingerprint density at radius 1 is 1.14 bits per heavy atom. The Kier molecular flexibility index (Phi) is 6.38. The lowest BCUT2D eigenvalue weighted by Crippen LogP contribution is -2.52. The standard InChI is InChI=1S/C16H23N3O2.ClH/c1-11-6-7-13(18-12(2)20)10-14(11)19-15(21)16(17)8-4-3-5-9-16;/h6-7,10H,3-5,8-9,17H2,1-2H3,(H,18,20)(H,19,21);1H. The van der Waals surface area contributed by atoms with E-state index in [2.05, 4.69) is 10.6 Å². The first kappa shape index (κ1) is 18.5. The van der Waals surface area contributed by atoms with Gasteiger partial charge in [-0.25, -0.2) is 0 Å². The second kappa shape index (κ2) is 7.61. The first-order valence-corrected chi connectivity index (χ1v) is 7.39. The molecular formula is C16H24ClN3O2. The maximum absolute atomic E-state index is 12.5. The highest BCUT2D eigenvalue weighted by molar-refractivity contribution is 5.99. The van der Waals surface area contributed by atoms with Gasteiger partial charge in [-0.3, -0.25) is 9.59 Å². The minimum Gasteiger partial charge on any atom is -0.326 e. The molecule has 1 fully saturated rings. The summed E-state index contributed by atoms with van der Waals surface area (Å²) in [6.45, 7) is 3.37. The van der Waals surface area contributed by atoms with E-state index >= 15 is 0 Å². The van der Waals surface area contributed by atoms with Gasteiger partial charge in [-0.1, -0.05) is 25.3 Å². The van der Waals surface area contributed by atoms with Gasteiger partial charge in [-0.2, -0.15) is 0 Å². The molecule has 0 bridgehead atoms. The fraction of sp³-hybridized carbons (Fsp3) is 0.500. The quantitative estimate of drug-likeness (QED) is 0.798. The van der Waals surface area contributed by atoms with Crippen molar-refractivity contribution in [2.45, 2.75) is 51.5 Å². The van der Waals surface area contributed by atoms with Gasteiger partial charge in [0.15, 0.2) is 0 Å². The molecule has 6 heteroatoms. The Balaban J connectivity index is 0.00000242. The highest BCUT2D eigenvalue weighted by atomic mass is 35.5. The number of halogens is 1. The number of rotatable bonds is 3. The zero-order chi connectivity index (χ0) is 15.5. The molecule has 5 nitrogen and oxygen atoms in total. The van der Waals surface area contributed by atoms with Crippen LogP contribution in [0.4, 0.5) is 11.4 Å². The number of anilines is 2. The normalized spacial score (nSPS) is 16.3. The van der Waals surface area contributed by atoms with Crippen LogP contribution >= 0.6 is 12.4 Å². The third kappa shape index (κ3) is 4.45. The summed E-state index contributed by atoms with van der Waals surface area (Å²) in [7, 11) is 0. The van der Waals surface area contributed by atoms with Crippen molar-refractivity contribution in [3.63, 3.8) is 0 Å². The molecule has 0 atom stereocenters. The molecule has 2 rings (SSSR count). The zero-order valence-electron chi connectivity index (χ0n) is 13.1. The van der Waals surface area contributed by atoms with Crippen LogP contribution in [0.2, 0.25) is 0 Å². The molecule has 0 aromatic heterocycles. The summed E-state index contributed by atoms with van der Waals surface area (Å²) in [5.41, 5.74) is 7.77. The van der Waals surface area contributed by atoms with E-state index < -0.39 is 5.54 Å². The lowest BCUT2D eigenvalue weighted by atomic mass is 9.82. The third-order valence-electron chi connectivity index (χ3n) is 4.00. The summed E-state index contributed by atoms with van der Waals surface area (Å²) in [4.78, 5) is 23.6. The van der Waals surface area contributed by atoms with Crippen LogP contribution in [0.5, 0.6) is 0 Å². The van der Waals surface area contributed by atoms with Crippen molar-refractivity contribution in [1.29, 1.82) is 0 Å². The molecule has 0 aliphatic heterocycles. The first-order chi connectivity index (χ1) is 9.90. The highest BCUT2D eigenvalue weighted by Crippen LogP contribution is 2.28. The number of carbonyl (C=O) groups is 2. The molecule has 0 unspecified atom stereocenters. The third-order valence-corrected chi connectivity index (χ3v) is 4.00. The van der Waals surface area contributed by atoms with Gasteiger partial charge in [-0.15, -0.1) is 12.4 Å². The summed E-state index contributed by atoms with van der Waals surface area (Å²) >= 11 is 0. The molecule has 0 heterocycles. The van der Waals surface area contributed by atoms with Gasteiger partial charge in [0, 0.05) is 18.3 Å². The highest BCUT2D eigenvalue weighted by Gasteiger charge is 2.35. The smallest absolute Gasteiger partial charge is 0.244 e. The Morgan fingerprint density at radius 2 is 1.77 bits per heavy atom. The molecule has 1 aromatic rings. The van der Waals surface area contributed by atoms with E-state index in [1.165, 1.54) is 6.92 Å². The number of hydrogen-bond donors (Lipinski definition) is 3. The molecule has 0 spiro atoms. The number of hydrogen-bond acceptors (Lipinski definition) is 3. The van der Waals surface area contributed by atoms with Crippen molar-refractivity contribution >= 4 is 35.6 Å². The molecular weight excluding hydrogens is 302 g/mol. The van der Waals surface area contributed by atoms with Crippen molar-refractivity contribution in [2.75, 3.05) is 10.6 Å². The Labute approximate surface area is 137 Å². The minimum absolute atomic E-state index is 0. The number of nitrogens with one attached hydrogen (secondary N) is 2. The van der Waals surface area contributed by atoms with Gasteiger partial charge in [0.25, 0.3) is 0 Å². The number of nitrogens with two attached hydrogens (primary N) is 1. The second-order valence-corrected chi connectivity index (χ2v) is 5.88. The molecule has 1 aliphatic rings. The fourth-order valence-electron chi connectivity index (χ4n) is 2.69. The zero-order valence-corrected chi connectivity index (χ0v) is 13.9. The fourth-order valence-corrected chi connectivity index (χ4v) is 2.69. The summed E-state index contributed by atoms with van der Waals surface area (Å²) < 4.78 is 0. The summed E-state index contributed by atoms with van der Waals surface area (Å²) in [5, 5.41) is 5.63. The van der Waals surface area contributed by atoms with Crippen LogP contribution < -0.4 is 16.4 Å². The van der Waals surface area contributed by atoms with Crippen LogP contribution in [-0.4, -0.2) is 17.4 Å². The van der Waals surface area contributed by atoms with Crippen LogP contribution in [0.1, 0.15) is 44.6 Å². The average Bonchev–Trinajstić information content (AvgIpc) is 2.42. The van der Waals surface area contributed by atoms with Gasteiger partial charge in [0.1, 0.15) is 0 Å². The maximum atomic E-state index is 12.5. The van der Waals surface area contributed by atoms with Crippen molar-refractivity contribution in [2.24, 2.45) is 5.73 Å². The SMILES string of the molecule is CC(=O)Nc1ccc(C)c(NC(=O)C2(N)CCCCC2)c1.Cl. The molecule has 0 radical (unpaired) electrons. The van der Waals surface area contributed by atoms with E-state index in [1.807, 2.05) is 19.1 Å². The molecule has 122 valence electrons. The Hall–Kier alpha value is -1.59. The van der Waals surface area contributed by atoms with Gasteiger partial charge in [-0.05, 0) is 37.5 Å². The van der Waals surface area contributed by atoms with Crippen molar-refractivity contribution < 1.29 is 9.59 Å². The molecule has 22 heavy (non-hydrogen) atoms. The Morgan fingerprint density at radius 3 is 2.36 bits per heavy atom. The Bertz CT molecular complexity index is 554. The molecule has 0 saturated heterocycles. The lowest BCUT2D eigenvalue weighted by molar-refractivity contribution is -0.122. The van der Waals surface area contributed by atoms with Crippen molar-refractivity contribution in [1.82, 2.24) is 0 Å². The number of amides is 2. The largest absolute Gasteiger partial charge is 0.326 e. The van der Waals surface area contributed by atoms with Crippen LogP contribution in [0.15, 0.2) is 18.2 Å². The second-order valence-electron chi connectivity index (χ2n) is 5.88. The van der Waals surface area contributed by atoms with Gasteiger partial charge in [0.2, 0.25) is 11.8 Å². The predicted molar refractivity (Wildman–Crippen MR) is 91.4 cm³/mol. The topological polar surface area (TPSA) is 84.2 Å². The summed E-state index contributed by atoms with van der Waals surface area (Å²) in [6, 6.07) is 5.44. The summed E-state index contributed by atoms with van der Waals surface area (Å²) in [5.74, 6) is -0.274. The molecule has 1 aromatic carbocycles. The monoisotopic (exact) mass is 325 g/mol. The molecule has 2 amide bonds. The molecule has 1 saturated carbocycles. The van der Waals surface area contributed by atoms with E-state index in [-0.39, 0.29) is 24.2 Å². The van der Waals surface area contributed by atoms with Crippen molar-refractivity contribution in [3.8, 4) is 0 Å². The van der Waals surface area contributed by atoms with E-state index in [0.717, 1.165) is 37.7 Å². The number of carbonyl (C=O) groups excluding carboxylic acids is 2. The molecule has 4 N–H and O–H groups in total.